The molecule has 0 saturated carbocycles. The molecule has 0 unspecified atom stereocenters. The largest absolute Gasteiger partial charge is 0.324 e. The zero-order chi connectivity index (χ0) is 19.5. The van der Waals surface area contributed by atoms with Crippen LogP contribution >= 0.6 is 0 Å². The smallest absolute Gasteiger partial charge is 0.227 e. The second-order valence-corrected chi connectivity index (χ2v) is 6.85. The zero-order valence-corrected chi connectivity index (χ0v) is 16.3. The lowest BCUT2D eigenvalue weighted by Gasteiger charge is -2.07. The Morgan fingerprint density at radius 1 is 0.929 bits per heavy atom. The van der Waals surface area contributed by atoms with Crippen molar-refractivity contribution in [3.05, 3.63) is 83.8 Å². The normalized spacial score (nSPS) is 10.8. The van der Waals surface area contributed by atoms with Crippen LogP contribution in [0.15, 0.2) is 67.0 Å². The van der Waals surface area contributed by atoms with Crippen LogP contribution in [0.4, 0.5) is 11.6 Å². The molecule has 28 heavy (non-hydrogen) atoms. The summed E-state index contributed by atoms with van der Waals surface area (Å²) in [5, 5.41) is 7.94. The molecule has 4 rings (SSSR count). The van der Waals surface area contributed by atoms with Crippen LogP contribution in [0.25, 0.3) is 16.9 Å². The molecule has 0 amide bonds. The minimum absolute atomic E-state index is 0.573. The number of rotatable bonds is 5. The predicted molar refractivity (Wildman–Crippen MR) is 113 cm³/mol. The molecule has 5 nitrogen and oxygen atoms in total. The van der Waals surface area contributed by atoms with E-state index >= 15 is 0 Å². The van der Waals surface area contributed by atoms with Gasteiger partial charge in [0.2, 0.25) is 5.95 Å². The highest BCUT2D eigenvalue weighted by molar-refractivity contribution is 5.64. The van der Waals surface area contributed by atoms with Crippen LogP contribution in [-0.2, 0) is 6.42 Å². The molecule has 0 aliphatic carbocycles. The topological polar surface area (TPSA) is 55.6 Å². The first-order valence-electron chi connectivity index (χ1n) is 9.45. The van der Waals surface area contributed by atoms with E-state index in [1.165, 1.54) is 11.1 Å². The summed E-state index contributed by atoms with van der Waals surface area (Å²) in [7, 11) is 0. The van der Waals surface area contributed by atoms with Gasteiger partial charge in [-0.25, -0.2) is 14.6 Å². The average molecular weight is 369 g/mol. The number of anilines is 2. The van der Waals surface area contributed by atoms with E-state index in [9.17, 15) is 0 Å². The van der Waals surface area contributed by atoms with Gasteiger partial charge in [0.1, 0.15) is 0 Å². The second kappa shape index (κ2) is 7.64. The zero-order valence-electron chi connectivity index (χ0n) is 16.3. The lowest BCUT2D eigenvalue weighted by atomic mass is 10.1. The number of hydrogen-bond acceptors (Lipinski definition) is 4. The van der Waals surface area contributed by atoms with E-state index in [0.717, 1.165) is 34.7 Å². The van der Waals surface area contributed by atoms with E-state index in [0.29, 0.717) is 5.95 Å². The van der Waals surface area contributed by atoms with Crippen molar-refractivity contribution in [2.45, 2.75) is 27.2 Å². The Labute approximate surface area is 165 Å². The minimum Gasteiger partial charge on any atom is -0.324 e. The Morgan fingerprint density at radius 3 is 2.39 bits per heavy atom. The van der Waals surface area contributed by atoms with Gasteiger partial charge in [0.05, 0.1) is 17.1 Å². The monoisotopic (exact) mass is 369 g/mol. The second-order valence-electron chi connectivity index (χ2n) is 6.85. The number of aromatic nitrogens is 4. The first kappa shape index (κ1) is 17.9. The highest BCUT2D eigenvalue weighted by Gasteiger charge is 2.11. The van der Waals surface area contributed by atoms with E-state index in [1.807, 2.05) is 23.9 Å². The average Bonchev–Trinajstić information content (AvgIpc) is 3.11. The molecule has 5 heteroatoms. The summed E-state index contributed by atoms with van der Waals surface area (Å²) in [6.07, 6.45) is 4.81. The maximum atomic E-state index is 4.69. The van der Waals surface area contributed by atoms with Gasteiger partial charge in [0.15, 0.2) is 0 Å². The molecule has 0 radical (unpaired) electrons. The fourth-order valence-electron chi connectivity index (χ4n) is 3.06. The summed E-state index contributed by atoms with van der Waals surface area (Å²) in [5.74, 6) is 0.573. The van der Waals surface area contributed by atoms with Crippen LogP contribution in [0.5, 0.6) is 0 Å². The van der Waals surface area contributed by atoms with E-state index in [1.54, 1.807) is 6.20 Å². The summed E-state index contributed by atoms with van der Waals surface area (Å²) in [6, 6.07) is 18.5. The van der Waals surface area contributed by atoms with E-state index in [-0.39, 0.29) is 0 Å². The van der Waals surface area contributed by atoms with Gasteiger partial charge in [-0.1, -0.05) is 36.8 Å². The van der Waals surface area contributed by atoms with Gasteiger partial charge in [0, 0.05) is 23.6 Å². The van der Waals surface area contributed by atoms with Crippen molar-refractivity contribution in [2.75, 3.05) is 5.32 Å². The van der Waals surface area contributed by atoms with E-state index < -0.39 is 0 Å². The van der Waals surface area contributed by atoms with Gasteiger partial charge in [-0.05, 0) is 56.2 Å². The molecule has 2 heterocycles. The van der Waals surface area contributed by atoms with Crippen molar-refractivity contribution in [1.82, 2.24) is 19.7 Å². The summed E-state index contributed by atoms with van der Waals surface area (Å²) in [4.78, 5) is 9.04. The molecular weight excluding hydrogens is 346 g/mol. The number of benzene rings is 2. The van der Waals surface area contributed by atoms with Gasteiger partial charge in [-0.15, -0.1) is 0 Å². The fraction of sp³-hybridized carbons (Fsp3) is 0.174. The van der Waals surface area contributed by atoms with E-state index in [4.69, 9.17) is 0 Å². The van der Waals surface area contributed by atoms with Gasteiger partial charge in [-0.3, -0.25) is 0 Å². The van der Waals surface area contributed by atoms with Crippen LogP contribution in [0.1, 0.15) is 23.7 Å². The van der Waals surface area contributed by atoms with Gasteiger partial charge >= 0.3 is 0 Å². The molecule has 2 aromatic heterocycles. The van der Waals surface area contributed by atoms with Gasteiger partial charge < -0.3 is 5.32 Å². The van der Waals surface area contributed by atoms with Crippen molar-refractivity contribution < 1.29 is 0 Å². The lowest BCUT2D eigenvalue weighted by molar-refractivity contribution is 0.862. The molecule has 0 spiro atoms. The Kier molecular flexibility index (Phi) is 4.89. The van der Waals surface area contributed by atoms with Crippen LogP contribution < -0.4 is 5.32 Å². The number of nitrogens with one attached hydrogen (secondary N) is 1. The molecule has 0 saturated heterocycles. The minimum atomic E-state index is 0.573. The Bertz CT molecular complexity index is 1080. The number of hydrogen-bond donors (Lipinski definition) is 1. The third-order valence-corrected chi connectivity index (χ3v) is 4.75. The quantitative estimate of drug-likeness (QED) is 0.522. The van der Waals surface area contributed by atoms with Gasteiger partial charge in [0.25, 0.3) is 0 Å². The SMILES string of the molecule is CCc1ccc(Nc2nccc(-c3cn(-c4ccc(C)cc4)nc3C)n2)cc1. The molecule has 1 N–H and O–H groups in total. The lowest BCUT2D eigenvalue weighted by Crippen LogP contribution is -1.98. The van der Waals surface area contributed by atoms with Crippen LogP contribution in [0, 0.1) is 13.8 Å². The maximum Gasteiger partial charge on any atom is 0.227 e. The van der Waals surface area contributed by atoms with E-state index in [2.05, 4.69) is 82.8 Å². The number of aryl methyl sites for hydroxylation is 3. The summed E-state index contributed by atoms with van der Waals surface area (Å²) in [6.45, 7) is 6.22. The van der Waals surface area contributed by atoms with Gasteiger partial charge in [-0.2, -0.15) is 5.10 Å². The third kappa shape index (κ3) is 3.78. The molecular formula is C23H23N5. The molecule has 0 atom stereocenters. The predicted octanol–water partition coefficient (Wildman–Crippen LogP) is 5.25. The van der Waals surface area contributed by atoms with Crippen LogP contribution in [-0.4, -0.2) is 19.7 Å². The number of nitrogens with zero attached hydrogens (tertiary/aromatic N) is 4. The summed E-state index contributed by atoms with van der Waals surface area (Å²) < 4.78 is 1.89. The Morgan fingerprint density at radius 2 is 1.68 bits per heavy atom. The first-order valence-corrected chi connectivity index (χ1v) is 9.45. The molecule has 0 bridgehead atoms. The Balaban J connectivity index is 1.61. The van der Waals surface area contributed by atoms with Crippen molar-refractivity contribution in [3.63, 3.8) is 0 Å². The van der Waals surface area contributed by atoms with Crippen molar-refractivity contribution in [1.29, 1.82) is 0 Å². The van der Waals surface area contributed by atoms with Crippen LogP contribution in [0.2, 0.25) is 0 Å². The molecule has 140 valence electrons. The highest BCUT2D eigenvalue weighted by atomic mass is 15.3. The Hall–Kier alpha value is -3.47. The molecule has 0 aliphatic rings. The molecule has 4 aromatic rings. The first-order chi connectivity index (χ1) is 13.6. The molecule has 2 aromatic carbocycles. The molecule has 0 aliphatic heterocycles. The van der Waals surface area contributed by atoms with Crippen molar-refractivity contribution in [3.8, 4) is 16.9 Å². The third-order valence-electron chi connectivity index (χ3n) is 4.75. The maximum absolute atomic E-state index is 4.69. The highest BCUT2D eigenvalue weighted by Crippen LogP contribution is 2.24. The fourth-order valence-corrected chi connectivity index (χ4v) is 3.06. The molecule has 0 fully saturated rings. The summed E-state index contributed by atoms with van der Waals surface area (Å²) in [5.41, 5.74) is 7.30. The van der Waals surface area contributed by atoms with Crippen molar-refractivity contribution >= 4 is 11.6 Å². The standard InChI is InChI=1S/C23H23N5/c1-4-18-7-9-19(10-8-18)25-23-24-14-13-22(26-23)21-15-28(27-17(21)3)20-11-5-16(2)6-12-20/h5-15H,4H2,1-3H3,(H,24,25,26). The van der Waals surface area contributed by atoms with Crippen molar-refractivity contribution in [2.24, 2.45) is 0 Å². The van der Waals surface area contributed by atoms with Crippen LogP contribution in [0.3, 0.4) is 0 Å². The summed E-state index contributed by atoms with van der Waals surface area (Å²) >= 11 is 0.